The minimum absolute atomic E-state index is 0.122. The molecule has 0 radical (unpaired) electrons. The van der Waals surface area contributed by atoms with E-state index in [2.05, 4.69) is 51.5 Å². The van der Waals surface area contributed by atoms with Gasteiger partial charge in [0.15, 0.2) is 0 Å². The minimum Gasteiger partial charge on any atom is -0.356 e. The van der Waals surface area contributed by atoms with Crippen molar-refractivity contribution in [2.45, 2.75) is 13.1 Å². The number of terminal acetylenes is 1. The van der Waals surface area contributed by atoms with Crippen molar-refractivity contribution in [1.82, 2.24) is 10.3 Å². The fourth-order valence-corrected chi connectivity index (χ4v) is 3.72. The number of amides is 1. The van der Waals surface area contributed by atoms with Crippen molar-refractivity contribution < 1.29 is 4.79 Å². The maximum Gasteiger partial charge on any atom is 0.251 e. The van der Waals surface area contributed by atoms with Gasteiger partial charge in [-0.1, -0.05) is 66.6 Å². The van der Waals surface area contributed by atoms with Gasteiger partial charge in [0, 0.05) is 36.7 Å². The van der Waals surface area contributed by atoms with Gasteiger partial charge >= 0.3 is 0 Å². The maximum atomic E-state index is 12.5. The molecule has 1 aromatic heterocycles. The van der Waals surface area contributed by atoms with Gasteiger partial charge in [0.05, 0.1) is 6.54 Å². The van der Waals surface area contributed by atoms with E-state index < -0.39 is 0 Å². The molecule has 1 heterocycles. The van der Waals surface area contributed by atoms with Gasteiger partial charge in [-0.25, -0.2) is 0 Å². The second-order valence-electron chi connectivity index (χ2n) is 7.67. The van der Waals surface area contributed by atoms with Crippen LogP contribution in [-0.2, 0) is 13.1 Å². The molecule has 33 heavy (non-hydrogen) atoms. The van der Waals surface area contributed by atoms with Crippen molar-refractivity contribution >= 4 is 11.6 Å². The van der Waals surface area contributed by atoms with Gasteiger partial charge in [0.2, 0.25) is 0 Å². The van der Waals surface area contributed by atoms with E-state index in [9.17, 15) is 4.79 Å². The molecule has 1 N–H and O–H groups in total. The molecule has 0 atom stereocenters. The summed E-state index contributed by atoms with van der Waals surface area (Å²) >= 11 is 0. The molecule has 0 aliphatic heterocycles. The maximum absolute atomic E-state index is 12.5. The summed E-state index contributed by atoms with van der Waals surface area (Å²) in [6, 6.07) is 30.0. The highest BCUT2D eigenvalue weighted by Crippen LogP contribution is 2.26. The number of anilines is 1. The zero-order valence-corrected chi connectivity index (χ0v) is 18.3. The SMILES string of the molecule is C#CCN(Cc1ccccc1-c1ccccc1)c1ccc(C(=O)NCc2cccnc2)cc1. The van der Waals surface area contributed by atoms with Gasteiger partial charge in [-0.05, 0) is 52.6 Å². The fraction of sp³-hybridized carbons (Fsp3) is 0.103. The van der Waals surface area contributed by atoms with E-state index in [0.717, 1.165) is 11.3 Å². The Balaban J connectivity index is 1.49. The van der Waals surface area contributed by atoms with Crippen LogP contribution in [0.1, 0.15) is 21.5 Å². The molecule has 0 aliphatic carbocycles. The van der Waals surface area contributed by atoms with Crippen molar-refractivity contribution in [1.29, 1.82) is 0 Å². The van der Waals surface area contributed by atoms with E-state index >= 15 is 0 Å². The molecule has 0 aliphatic rings. The highest BCUT2D eigenvalue weighted by atomic mass is 16.1. The van der Waals surface area contributed by atoms with E-state index in [1.165, 1.54) is 16.7 Å². The van der Waals surface area contributed by atoms with E-state index in [1.807, 2.05) is 60.7 Å². The van der Waals surface area contributed by atoms with Crippen molar-refractivity contribution in [3.63, 3.8) is 0 Å². The monoisotopic (exact) mass is 431 g/mol. The number of rotatable bonds is 8. The predicted molar refractivity (Wildman–Crippen MR) is 134 cm³/mol. The van der Waals surface area contributed by atoms with Gasteiger partial charge in [0.25, 0.3) is 5.91 Å². The summed E-state index contributed by atoms with van der Waals surface area (Å²) in [5, 5.41) is 2.93. The van der Waals surface area contributed by atoms with Gasteiger partial charge < -0.3 is 10.2 Å². The summed E-state index contributed by atoms with van der Waals surface area (Å²) in [6.07, 6.45) is 9.14. The number of pyridine rings is 1. The predicted octanol–water partition coefficient (Wildman–Crippen LogP) is 5.32. The first-order valence-corrected chi connectivity index (χ1v) is 10.8. The average Bonchev–Trinajstić information content (AvgIpc) is 2.88. The van der Waals surface area contributed by atoms with Crippen LogP contribution in [0.25, 0.3) is 11.1 Å². The third kappa shape index (κ3) is 5.66. The van der Waals surface area contributed by atoms with Gasteiger partial charge in [-0.15, -0.1) is 6.42 Å². The molecule has 0 saturated carbocycles. The van der Waals surface area contributed by atoms with Crippen LogP contribution in [0.15, 0.2) is 103 Å². The lowest BCUT2D eigenvalue weighted by Gasteiger charge is -2.24. The normalized spacial score (nSPS) is 10.3. The largest absolute Gasteiger partial charge is 0.356 e. The summed E-state index contributed by atoms with van der Waals surface area (Å²) in [5.41, 5.74) is 6.09. The molecule has 162 valence electrons. The quantitative estimate of drug-likeness (QED) is 0.384. The molecule has 0 spiro atoms. The lowest BCUT2D eigenvalue weighted by Crippen LogP contribution is -2.24. The highest BCUT2D eigenvalue weighted by Gasteiger charge is 2.12. The van der Waals surface area contributed by atoms with Crippen LogP contribution in [0.5, 0.6) is 0 Å². The van der Waals surface area contributed by atoms with Crippen LogP contribution in [0.4, 0.5) is 5.69 Å². The molecule has 4 nitrogen and oxygen atoms in total. The Morgan fingerprint density at radius 3 is 2.39 bits per heavy atom. The third-order valence-electron chi connectivity index (χ3n) is 5.42. The van der Waals surface area contributed by atoms with Crippen LogP contribution in [0.3, 0.4) is 0 Å². The van der Waals surface area contributed by atoms with E-state index in [-0.39, 0.29) is 5.91 Å². The number of nitrogens with zero attached hydrogens (tertiary/aromatic N) is 2. The molecule has 4 rings (SSSR count). The van der Waals surface area contributed by atoms with Crippen molar-refractivity contribution in [2.75, 3.05) is 11.4 Å². The molecular formula is C29H25N3O. The molecule has 0 fully saturated rings. The Bertz CT molecular complexity index is 1230. The van der Waals surface area contributed by atoms with Crippen molar-refractivity contribution in [3.05, 3.63) is 120 Å². The molecule has 0 unspecified atom stereocenters. The Morgan fingerprint density at radius 2 is 1.67 bits per heavy atom. The van der Waals surface area contributed by atoms with Crippen LogP contribution in [-0.4, -0.2) is 17.4 Å². The first-order valence-electron chi connectivity index (χ1n) is 10.8. The Kier molecular flexibility index (Phi) is 7.15. The number of aromatic nitrogens is 1. The van der Waals surface area contributed by atoms with Crippen molar-refractivity contribution in [3.8, 4) is 23.5 Å². The average molecular weight is 432 g/mol. The van der Waals surface area contributed by atoms with E-state index in [0.29, 0.717) is 25.2 Å². The zero-order valence-electron chi connectivity index (χ0n) is 18.3. The van der Waals surface area contributed by atoms with Gasteiger partial charge in [0.1, 0.15) is 0 Å². The van der Waals surface area contributed by atoms with Crippen LogP contribution in [0, 0.1) is 12.3 Å². The number of carbonyl (C=O) groups is 1. The van der Waals surface area contributed by atoms with Crippen LogP contribution < -0.4 is 10.2 Å². The number of benzene rings is 3. The summed E-state index contributed by atoms with van der Waals surface area (Å²) in [5.74, 6) is 2.64. The first kappa shape index (κ1) is 21.9. The molecule has 1 amide bonds. The Hall–Kier alpha value is -4.36. The summed E-state index contributed by atoms with van der Waals surface area (Å²) in [4.78, 5) is 18.7. The topological polar surface area (TPSA) is 45.2 Å². The number of hydrogen-bond donors (Lipinski definition) is 1. The molecule has 3 aromatic carbocycles. The lowest BCUT2D eigenvalue weighted by atomic mass is 9.99. The van der Waals surface area contributed by atoms with E-state index in [1.54, 1.807) is 12.4 Å². The summed E-state index contributed by atoms with van der Waals surface area (Å²) in [7, 11) is 0. The smallest absolute Gasteiger partial charge is 0.251 e. The van der Waals surface area contributed by atoms with Gasteiger partial charge in [-0.2, -0.15) is 0 Å². The molecule has 0 bridgehead atoms. The highest BCUT2D eigenvalue weighted by molar-refractivity contribution is 5.94. The second-order valence-corrected chi connectivity index (χ2v) is 7.67. The number of hydrogen-bond acceptors (Lipinski definition) is 3. The Morgan fingerprint density at radius 1 is 0.909 bits per heavy atom. The molecular weight excluding hydrogens is 406 g/mol. The zero-order chi connectivity index (χ0) is 22.9. The standard InChI is InChI=1S/C29H25N3O/c1-2-19-32(22-26-12-6-7-13-28(26)24-10-4-3-5-11-24)27-16-14-25(15-17-27)29(33)31-21-23-9-8-18-30-20-23/h1,3-18,20H,19,21-22H2,(H,31,33). The lowest BCUT2D eigenvalue weighted by molar-refractivity contribution is 0.0951. The van der Waals surface area contributed by atoms with Crippen molar-refractivity contribution in [2.24, 2.45) is 0 Å². The molecule has 4 aromatic rings. The second kappa shape index (κ2) is 10.8. The van der Waals surface area contributed by atoms with Gasteiger partial charge in [-0.3, -0.25) is 9.78 Å². The fourth-order valence-electron chi connectivity index (χ4n) is 3.72. The summed E-state index contributed by atoms with van der Waals surface area (Å²) < 4.78 is 0. The Labute approximate surface area is 194 Å². The van der Waals surface area contributed by atoms with Crippen LogP contribution >= 0.6 is 0 Å². The summed E-state index contributed by atoms with van der Waals surface area (Å²) in [6.45, 7) is 1.57. The number of nitrogens with one attached hydrogen (secondary N) is 1. The first-order chi connectivity index (χ1) is 16.2. The van der Waals surface area contributed by atoms with Crippen LogP contribution in [0.2, 0.25) is 0 Å². The third-order valence-corrected chi connectivity index (χ3v) is 5.42. The number of carbonyl (C=O) groups excluding carboxylic acids is 1. The molecule has 4 heteroatoms. The molecule has 0 saturated heterocycles. The minimum atomic E-state index is -0.122. The van der Waals surface area contributed by atoms with E-state index in [4.69, 9.17) is 6.42 Å².